The summed E-state index contributed by atoms with van der Waals surface area (Å²) in [5.74, 6) is -0.546. The lowest BCUT2D eigenvalue weighted by molar-refractivity contribution is -0.141. The van der Waals surface area contributed by atoms with Crippen LogP contribution in [0.2, 0.25) is 0 Å². The Morgan fingerprint density at radius 1 is 1.21 bits per heavy atom. The van der Waals surface area contributed by atoms with E-state index in [2.05, 4.69) is 19.2 Å². The van der Waals surface area contributed by atoms with E-state index in [1.54, 1.807) is 6.92 Å². The van der Waals surface area contributed by atoms with Crippen LogP contribution in [0.3, 0.4) is 0 Å². The summed E-state index contributed by atoms with van der Waals surface area (Å²) in [5.41, 5.74) is -0.194. The van der Waals surface area contributed by atoms with Gasteiger partial charge in [0, 0.05) is 12.0 Å². The zero-order valence-corrected chi connectivity index (χ0v) is 12.4. The van der Waals surface area contributed by atoms with Crippen LogP contribution in [0, 0.1) is 17.3 Å². The van der Waals surface area contributed by atoms with Crippen LogP contribution < -0.4 is 5.32 Å². The van der Waals surface area contributed by atoms with E-state index >= 15 is 0 Å². The Bertz CT molecular complexity index is 319. The Labute approximate surface area is 116 Å². The fourth-order valence-electron chi connectivity index (χ4n) is 3.07. The summed E-state index contributed by atoms with van der Waals surface area (Å²) in [5, 5.41) is 11.8. The highest BCUT2D eigenvalue weighted by atomic mass is 16.4. The Hall–Kier alpha value is -1.06. The first-order valence-electron chi connectivity index (χ1n) is 7.38. The highest BCUT2D eigenvalue weighted by molar-refractivity contribution is 5.83. The normalized spacial score (nSPS) is 19.4. The average Bonchev–Trinajstić information content (AvgIpc) is 2.77. The Morgan fingerprint density at radius 3 is 2.26 bits per heavy atom. The molecule has 0 heterocycles. The summed E-state index contributed by atoms with van der Waals surface area (Å²) in [6.45, 7) is 6.44. The molecule has 0 radical (unpaired) electrons. The number of rotatable bonds is 7. The minimum absolute atomic E-state index is 0.135. The molecular weight excluding hydrogens is 242 g/mol. The number of carboxylic acid groups (broad SMARTS) is 1. The average molecular weight is 269 g/mol. The number of nitrogens with one attached hydrogen (secondary N) is 1. The molecule has 1 rings (SSSR count). The van der Waals surface area contributed by atoms with E-state index in [0.717, 1.165) is 32.1 Å². The van der Waals surface area contributed by atoms with E-state index in [9.17, 15) is 9.59 Å². The predicted octanol–water partition coefficient (Wildman–Crippen LogP) is 2.82. The summed E-state index contributed by atoms with van der Waals surface area (Å²) in [6.07, 6.45) is 5.65. The first-order chi connectivity index (χ1) is 8.87. The van der Waals surface area contributed by atoms with Crippen molar-refractivity contribution in [2.75, 3.05) is 6.54 Å². The number of amides is 1. The molecule has 4 heteroatoms. The number of carboxylic acids is 1. The second-order valence-electron chi connectivity index (χ2n) is 6.37. The standard InChI is InChI=1S/C15H27NO3/c1-11(2)10-15(7-4-5-8-15)14(19)16-9-6-12(3)13(17)18/h11-12H,4-10H2,1-3H3,(H,16,19)(H,17,18). The second kappa shape index (κ2) is 6.92. The molecule has 19 heavy (non-hydrogen) atoms. The molecule has 1 aliphatic rings. The largest absolute Gasteiger partial charge is 0.481 e. The van der Waals surface area contributed by atoms with Crippen molar-refractivity contribution in [3.05, 3.63) is 0 Å². The van der Waals surface area contributed by atoms with E-state index in [1.807, 2.05) is 0 Å². The monoisotopic (exact) mass is 269 g/mol. The van der Waals surface area contributed by atoms with Gasteiger partial charge in [0.15, 0.2) is 0 Å². The molecule has 110 valence electrons. The lowest BCUT2D eigenvalue weighted by Crippen LogP contribution is -2.41. The maximum absolute atomic E-state index is 12.4. The van der Waals surface area contributed by atoms with Crippen molar-refractivity contribution in [3.63, 3.8) is 0 Å². The molecule has 1 saturated carbocycles. The van der Waals surface area contributed by atoms with E-state index in [1.165, 1.54) is 0 Å². The zero-order chi connectivity index (χ0) is 14.5. The molecule has 0 aromatic carbocycles. The number of hydrogen-bond donors (Lipinski definition) is 2. The first-order valence-corrected chi connectivity index (χ1v) is 7.38. The van der Waals surface area contributed by atoms with Gasteiger partial charge in [-0.1, -0.05) is 33.6 Å². The summed E-state index contributed by atoms with van der Waals surface area (Å²) >= 11 is 0. The van der Waals surface area contributed by atoms with Crippen molar-refractivity contribution < 1.29 is 14.7 Å². The summed E-state index contributed by atoms with van der Waals surface area (Å²) in [6, 6.07) is 0. The number of aliphatic carboxylic acids is 1. The quantitative estimate of drug-likeness (QED) is 0.747. The van der Waals surface area contributed by atoms with Gasteiger partial charge in [-0.3, -0.25) is 9.59 Å². The molecular formula is C15H27NO3. The van der Waals surface area contributed by atoms with Crippen molar-refractivity contribution in [3.8, 4) is 0 Å². The molecule has 0 aliphatic heterocycles. The summed E-state index contributed by atoms with van der Waals surface area (Å²) < 4.78 is 0. The Balaban J connectivity index is 2.47. The maximum Gasteiger partial charge on any atom is 0.306 e. The second-order valence-corrected chi connectivity index (χ2v) is 6.37. The van der Waals surface area contributed by atoms with Crippen molar-refractivity contribution in [1.29, 1.82) is 0 Å². The van der Waals surface area contributed by atoms with Crippen LogP contribution in [-0.2, 0) is 9.59 Å². The zero-order valence-electron chi connectivity index (χ0n) is 12.4. The minimum atomic E-state index is -0.799. The van der Waals surface area contributed by atoms with Gasteiger partial charge in [-0.05, 0) is 31.6 Å². The van der Waals surface area contributed by atoms with E-state index in [0.29, 0.717) is 18.9 Å². The Kier molecular flexibility index (Phi) is 5.83. The number of carbonyl (C=O) groups excluding carboxylic acids is 1. The SMILES string of the molecule is CC(C)CC1(C(=O)NCCC(C)C(=O)O)CCCC1. The van der Waals surface area contributed by atoms with Gasteiger partial charge in [0.25, 0.3) is 0 Å². The number of hydrogen-bond acceptors (Lipinski definition) is 2. The molecule has 4 nitrogen and oxygen atoms in total. The predicted molar refractivity (Wildman–Crippen MR) is 74.8 cm³/mol. The first kappa shape index (κ1) is 16.0. The number of carbonyl (C=O) groups is 2. The third-order valence-electron chi connectivity index (χ3n) is 4.13. The maximum atomic E-state index is 12.4. The Morgan fingerprint density at radius 2 is 1.79 bits per heavy atom. The fraction of sp³-hybridized carbons (Fsp3) is 0.867. The van der Waals surface area contributed by atoms with Crippen LogP contribution in [0.25, 0.3) is 0 Å². The van der Waals surface area contributed by atoms with Crippen LogP contribution >= 0.6 is 0 Å². The van der Waals surface area contributed by atoms with Crippen molar-refractivity contribution >= 4 is 11.9 Å². The summed E-state index contributed by atoms with van der Waals surface area (Å²) in [4.78, 5) is 23.1. The van der Waals surface area contributed by atoms with Crippen molar-refractivity contribution in [2.45, 2.75) is 59.3 Å². The van der Waals surface area contributed by atoms with Gasteiger partial charge in [-0.25, -0.2) is 0 Å². The van der Waals surface area contributed by atoms with Gasteiger partial charge in [0.1, 0.15) is 0 Å². The molecule has 0 aromatic rings. The molecule has 0 spiro atoms. The van der Waals surface area contributed by atoms with Crippen molar-refractivity contribution in [2.24, 2.45) is 17.3 Å². The lowest BCUT2D eigenvalue weighted by atomic mass is 9.77. The van der Waals surface area contributed by atoms with Crippen LogP contribution in [0.5, 0.6) is 0 Å². The van der Waals surface area contributed by atoms with Crippen LogP contribution in [-0.4, -0.2) is 23.5 Å². The van der Waals surface area contributed by atoms with Gasteiger partial charge >= 0.3 is 5.97 Å². The molecule has 0 bridgehead atoms. The third kappa shape index (κ3) is 4.51. The molecule has 1 aliphatic carbocycles. The molecule has 1 unspecified atom stereocenters. The topological polar surface area (TPSA) is 66.4 Å². The van der Waals surface area contributed by atoms with Gasteiger partial charge in [0.05, 0.1) is 5.92 Å². The van der Waals surface area contributed by atoms with Crippen LogP contribution in [0.15, 0.2) is 0 Å². The van der Waals surface area contributed by atoms with E-state index in [-0.39, 0.29) is 11.3 Å². The van der Waals surface area contributed by atoms with Crippen LogP contribution in [0.1, 0.15) is 59.3 Å². The molecule has 1 amide bonds. The lowest BCUT2D eigenvalue weighted by Gasteiger charge is -2.29. The smallest absolute Gasteiger partial charge is 0.306 e. The third-order valence-corrected chi connectivity index (χ3v) is 4.13. The molecule has 1 atom stereocenters. The molecule has 1 fully saturated rings. The van der Waals surface area contributed by atoms with E-state index < -0.39 is 11.9 Å². The van der Waals surface area contributed by atoms with Gasteiger partial charge in [-0.15, -0.1) is 0 Å². The van der Waals surface area contributed by atoms with Crippen LogP contribution in [0.4, 0.5) is 0 Å². The fourth-order valence-corrected chi connectivity index (χ4v) is 3.07. The highest BCUT2D eigenvalue weighted by Crippen LogP contribution is 2.43. The molecule has 0 aromatic heterocycles. The van der Waals surface area contributed by atoms with Crippen molar-refractivity contribution in [1.82, 2.24) is 5.32 Å². The molecule has 2 N–H and O–H groups in total. The molecule has 0 saturated heterocycles. The van der Waals surface area contributed by atoms with Gasteiger partial charge in [-0.2, -0.15) is 0 Å². The summed E-state index contributed by atoms with van der Waals surface area (Å²) in [7, 11) is 0. The van der Waals surface area contributed by atoms with Gasteiger partial charge < -0.3 is 10.4 Å². The highest BCUT2D eigenvalue weighted by Gasteiger charge is 2.41. The van der Waals surface area contributed by atoms with Gasteiger partial charge in [0.2, 0.25) is 5.91 Å². The minimum Gasteiger partial charge on any atom is -0.481 e. The van der Waals surface area contributed by atoms with E-state index in [4.69, 9.17) is 5.11 Å².